The SMILES string of the molecule is Nc1c(F)cc(F)cc1Nc1cccnc1. The van der Waals surface area contributed by atoms with Gasteiger partial charge in [-0.15, -0.1) is 0 Å². The second-order valence-electron chi connectivity index (χ2n) is 3.22. The molecule has 5 heteroatoms. The maximum absolute atomic E-state index is 13.1. The predicted octanol–water partition coefficient (Wildman–Crippen LogP) is 2.69. The van der Waals surface area contributed by atoms with E-state index in [1.807, 2.05) is 0 Å². The van der Waals surface area contributed by atoms with Crippen LogP contribution in [0.15, 0.2) is 36.7 Å². The number of hydrogen-bond acceptors (Lipinski definition) is 3. The summed E-state index contributed by atoms with van der Waals surface area (Å²) in [6.07, 6.45) is 3.13. The van der Waals surface area contributed by atoms with Gasteiger partial charge in [-0.25, -0.2) is 8.78 Å². The van der Waals surface area contributed by atoms with Crippen molar-refractivity contribution in [3.05, 3.63) is 48.3 Å². The van der Waals surface area contributed by atoms with Crippen LogP contribution in [-0.4, -0.2) is 4.98 Å². The van der Waals surface area contributed by atoms with Crippen molar-refractivity contribution in [2.24, 2.45) is 0 Å². The summed E-state index contributed by atoms with van der Waals surface area (Å²) in [4.78, 5) is 3.86. The molecule has 0 aliphatic carbocycles. The second kappa shape index (κ2) is 4.14. The van der Waals surface area contributed by atoms with Gasteiger partial charge >= 0.3 is 0 Å². The predicted molar refractivity (Wildman–Crippen MR) is 58.3 cm³/mol. The molecule has 0 saturated carbocycles. The van der Waals surface area contributed by atoms with Crippen molar-refractivity contribution >= 4 is 17.1 Å². The standard InChI is InChI=1S/C11H9F2N3/c12-7-4-9(13)11(14)10(5-7)16-8-2-1-3-15-6-8/h1-6,16H,14H2. The molecule has 2 aromatic rings. The van der Waals surface area contributed by atoms with Crippen molar-refractivity contribution in [1.82, 2.24) is 4.98 Å². The Hall–Kier alpha value is -2.17. The van der Waals surface area contributed by atoms with E-state index in [-0.39, 0.29) is 11.4 Å². The molecular formula is C11H9F2N3. The van der Waals surface area contributed by atoms with Crippen LogP contribution >= 0.6 is 0 Å². The van der Waals surface area contributed by atoms with Gasteiger partial charge in [0.1, 0.15) is 5.82 Å². The third-order valence-corrected chi connectivity index (χ3v) is 2.03. The first kappa shape index (κ1) is 10.4. The van der Waals surface area contributed by atoms with Crippen LogP contribution in [0.2, 0.25) is 0 Å². The first-order valence-corrected chi connectivity index (χ1v) is 4.58. The van der Waals surface area contributed by atoms with E-state index < -0.39 is 11.6 Å². The monoisotopic (exact) mass is 221 g/mol. The number of pyridine rings is 1. The van der Waals surface area contributed by atoms with Gasteiger partial charge in [0.15, 0.2) is 5.82 Å². The smallest absolute Gasteiger partial charge is 0.151 e. The normalized spacial score (nSPS) is 10.1. The Kier molecular flexibility index (Phi) is 2.68. The molecule has 0 radical (unpaired) electrons. The van der Waals surface area contributed by atoms with E-state index in [1.54, 1.807) is 18.3 Å². The summed E-state index contributed by atoms with van der Waals surface area (Å²) < 4.78 is 26.1. The molecule has 0 unspecified atom stereocenters. The van der Waals surface area contributed by atoms with E-state index in [0.29, 0.717) is 5.69 Å². The summed E-state index contributed by atoms with van der Waals surface area (Å²) in [5.74, 6) is -1.47. The van der Waals surface area contributed by atoms with Gasteiger partial charge in [-0.1, -0.05) is 0 Å². The average Bonchev–Trinajstić information content (AvgIpc) is 2.27. The van der Waals surface area contributed by atoms with Gasteiger partial charge in [-0.2, -0.15) is 0 Å². The van der Waals surface area contributed by atoms with Gasteiger partial charge in [-0.3, -0.25) is 4.98 Å². The number of halogens is 2. The molecule has 3 nitrogen and oxygen atoms in total. The Morgan fingerprint density at radius 2 is 2.06 bits per heavy atom. The fraction of sp³-hybridized carbons (Fsp3) is 0. The zero-order valence-corrected chi connectivity index (χ0v) is 8.24. The minimum atomic E-state index is -0.786. The number of nitrogens with one attached hydrogen (secondary N) is 1. The molecule has 0 spiro atoms. The molecule has 0 aliphatic rings. The van der Waals surface area contributed by atoms with E-state index in [0.717, 1.165) is 12.1 Å². The highest BCUT2D eigenvalue weighted by Crippen LogP contribution is 2.26. The number of nitrogens with two attached hydrogens (primary N) is 1. The Balaban J connectivity index is 2.35. The fourth-order valence-corrected chi connectivity index (χ4v) is 1.28. The Morgan fingerprint density at radius 1 is 1.25 bits per heavy atom. The quantitative estimate of drug-likeness (QED) is 0.766. The molecular weight excluding hydrogens is 212 g/mol. The summed E-state index contributed by atoms with van der Waals surface area (Å²) >= 11 is 0. The van der Waals surface area contributed by atoms with Crippen molar-refractivity contribution in [3.63, 3.8) is 0 Å². The zero-order chi connectivity index (χ0) is 11.5. The largest absolute Gasteiger partial charge is 0.395 e. The van der Waals surface area contributed by atoms with Crippen LogP contribution in [0.4, 0.5) is 25.8 Å². The summed E-state index contributed by atoms with van der Waals surface area (Å²) in [6, 6.07) is 5.29. The van der Waals surface area contributed by atoms with E-state index in [4.69, 9.17) is 5.73 Å². The van der Waals surface area contributed by atoms with Crippen LogP contribution in [0, 0.1) is 11.6 Å². The van der Waals surface area contributed by atoms with Crippen molar-refractivity contribution in [2.45, 2.75) is 0 Å². The molecule has 0 atom stereocenters. The summed E-state index contributed by atoms with van der Waals surface area (Å²) in [5, 5.41) is 2.79. The average molecular weight is 221 g/mol. The fourth-order valence-electron chi connectivity index (χ4n) is 1.28. The van der Waals surface area contributed by atoms with Crippen LogP contribution in [0.5, 0.6) is 0 Å². The molecule has 3 N–H and O–H groups in total. The Labute approximate surface area is 90.9 Å². The van der Waals surface area contributed by atoms with Gasteiger partial charge in [0.25, 0.3) is 0 Å². The maximum atomic E-state index is 13.1. The lowest BCUT2D eigenvalue weighted by Crippen LogP contribution is -2.00. The number of rotatable bonds is 2. The molecule has 1 aromatic heterocycles. The van der Waals surface area contributed by atoms with Crippen molar-refractivity contribution < 1.29 is 8.78 Å². The summed E-state index contributed by atoms with van der Waals surface area (Å²) in [5.41, 5.74) is 6.15. The molecule has 0 aliphatic heterocycles. The Bertz CT molecular complexity index is 500. The van der Waals surface area contributed by atoms with Crippen LogP contribution in [-0.2, 0) is 0 Å². The molecule has 0 amide bonds. The lowest BCUT2D eigenvalue weighted by molar-refractivity contribution is 0.587. The molecule has 16 heavy (non-hydrogen) atoms. The third kappa shape index (κ3) is 2.08. The number of hydrogen-bond donors (Lipinski definition) is 2. The number of aromatic nitrogens is 1. The Morgan fingerprint density at radius 3 is 2.75 bits per heavy atom. The van der Waals surface area contributed by atoms with Crippen molar-refractivity contribution in [3.8, 4) is 0 Å². The first-order valence-electron chi connectivity index (χ1n) is 4.58. The maximum Gasteiger partial charge on any atom is 0.151 e. The summed E-state index contributed by atoms with van der Waals surface area (Å²) in [6.45, 7) is 0. The highest BCUT2D eigenvalue weighted by atomic mass is 19.1. The third-order valence-electron chi connectivity index (χ3n) is 2.03. The lowest BCUT2D eigenvalue weighted by Gasteiger charge is -2.09. The van der Waals surface area contributed by atoms with Gasteiger partial charge in [0, 0.05) is 12.3 Å². The van der Waals surface area contributed by atoms with Gasteiger partial charge in [0.2, 0.25) is 0 Å². The highest BCUT2D eigenvalue weighted by Gasteiger charge is 2.08. The second-order valence-corrected chi connectivity index (χ2v) is 3.22. The van der Waals surface area contributed by atoms with E-state index in [2.05, 4.69) is 10.3 Å². The van der Waals surface area contributed by atoms with Gasteiger partial charge < -0.3 is 11.1 Å². The van der Waals surface area contributed by atoms with Gasteiger partial charge in [0.05, 0.1) is 23.3 Å². The van der Waals surface area contributed by atoms with Crippen molar-refractivity contribution in [2.75, 3.05) is 11.1 Å². The van der Waals surface area contributed by atoms with Crippen molar-refractivity contribution in [1.29, 1.82) is 0 Å². The zero-order valence-electron chi connectivity index (χ0n) is 8.24. The van der Waals surface area contributed by atoms with E-state index in [1.165, 1.54) is 6.20 Å². The minimum Gasteiger partial charge on any atom is -0.395 e. The molecule has 1 aromatic carbocycles. The topological polar surface area (TPSA) is 50.9 Å². The number of nitrogen functional groups attached to an aromatic ring is 1. The van der Waals surface area contributed by atoms with E-state index >= 15 is 0 Å². The lowest BCUT2D eigenvalue weighted by atomic mass is 10.2. The van der Waals surface area contributed by atoms with Crippen LogP contribution in [0.25, 0.3) is 0 Å². The first-order chi connectivity index (χ1) is 7.66. The van der Waals surface area contributed by atoms with Gasteiger partial charge in [-0.05, 0) is 18.2 Å². The minimum absolute atomic E-state index is 0.120. The highest BCUT2D eigenvalue weighted by molar-refractivity contribution is 5.72. The molecule has 1 heterocycles. The number of benzene rings is 1. The van der Waals surface area contributed by atoms with E-state index in [9.17, 15) is 8.78 Å². The molecule has 0 bridgehead atoms. The molecule has 0 fully saturated rings. The number of anilines is 3. The number of nitrogens with zero attached hydrogens (tertiary/aromatic N) is 1. The molecule has 0 saturated heterocycles. The van der Waals surface area contributed by atoms with Crippen LogP contribution < -0.4 is 11.1 Å². The molecule has 2 rings (SSSR count). The van der Waals surface area contributed by atoms with Crippen LogP contribution in [0.1, 0.15) is 0 Å². The van der Waals surface area contributed by atoms with Crippen LogP contribution in [0.3, 0.4) is 0 Å². The molecule has 82 valence electrons. The summed E-state index contributed by atoms with van der Waals surface area (Å²) in [7, 11) is 0.